The molecule has 0 aromatic heterocycles. The van der Waals surface area contributed by atoms with Crippen LogP contribution in [0.5, 0.6) is 51.7 Å². The van der Waals surface area contributed by atoms with E-state index in [2.05, 4.69) is 44.7 Å². The van der Waals surface area contributed by atoms with E-state index in [1.807, 2.05) is 38.1 Å². The van der Waals surface area contributed by atoms with E-state index in [0.29, 0.717) is 5.56 Å². The Morgan fingerprint density at radius 1 is 0.358 bits per heavy atom. The number of aryl methyl sites for hydroxylation is 4. The van der Waals surface area contributed by atoms with E-state index in [0.717, 1.165) is 82.5 Å². The van der Waals surface area contributed by atoms with E-state index >= 15 is 0 Å². The van der Waals surface area contributed by atoms with Crippen molar-refractivity contribution in [3.05, 3.63) is 129 Å². The second-order valence-corrected chi connectivity index (χ2v) is 17.1. The average molecular weight is 1140 g/mol. The lowest BCUT2D eigenvalue weighted by Gasteiger charge is -2.14. The quantitative estimate of drug-likeness (QED) is 0.0468. The number of carbonyl (C=O) groups is 11. The molecule has 22 heteroatoms. The molecule has 0 saturated heterocycles. The SMILES string of the molecule is C.C=Cc1cc(C)cc(C)c1.CC(=O)Oc1cc(/C=C/c2cc(C)cc(C)c2)cc(OC(C)=O)c1OC(C)=O.CC(=O)Oc1cc(C(=O)Cl)cc(OC(C)=O)c1OC(C)=O.CC(=O)Oc1cc(C(=O)O)cc(OC(C)=O)c1OC(C)=O. The highest BCUT2D eigenvalue weighted by molar-refractivity contribution is 6.67. The van der Waals surface area contributed by atoms with Crippen molar-refractivity contribution in [1.29, 1.82) is 0 Å². The highest BCUT2D eigenvalue weighted by Crippen LogP contribution is 2.42. The molecule has 0 amide bonds. The lowest BCUT2D eigenvalue weighted by atomic mass is 10.1. The minimum Gasteiger partial charge on any atom is -0.478 e. The topological polar surface area (TPSA) is 291 Å². The highest BCUT2D eigenvalue weighted by Gasteiger charge is 2.24. The second-order valence-electron chi connectivity index (χ2n) is 16.8. The molecule has 1 N–H and O–H groups in total. The summed E-state index contributed by atoms with van der Waals surface area (Å²) in [6.45, 7) is 22.1. The van der Waals surface area contributed by atoms with Gasteiger partial charge in [-0.3, -0.25) is 47.9 Å². The van der Waals surface area contributed by atoms with Gasteiger partial charge in [0.1, 0.15) is 0 Å². The number of esters is 9. The molecule has 0 saturated carbocycles. The molecule has 0 heterocycles. The summed E-state index contributed by atoms with van der Waals surface area (Å²) in [5.74, 6) is -9.66. The fourth-order valence-electron chi connectivity index (χ4n) is 6.63. The van der Waals surface area contributed by atoms with Crippen LogP contribution < -0.4 is 42.6 Å². The van der Waals surface area contributed by atoms with Gasteiger partial charge in [0.25, 0.3) is 5.24 Å². The molecule has 0 bridgehead atoms. The zero-order chi connectivity index (χ0) is 60.7. The molecule has 0 fully saturated rings. The fraction of sp³-hybridized carbons (Fsp3) is 0.237. The molecule has 5 aromatic rings. The van der Waals surface area contributed by atoms with E-state index in [9.17, 15) is 52.7 Å². The van der Waals surface area contributed by atoms with E-state index in [1.165, 1.54) is 49.6 Å². The van der Waals surface area contributed by atoms with Crippen molar-refractivity contribution in [1.82, 2.24) is 0 Å². The van der Waals surface area contributed by atoms with E-state index in [4.69, 9.17) is 59.3 Å². The number of carbonyl (C=O) groups excluding carboxylic acids is 10. The Balaban J connectivity index is 0.000000562. The molecule has 5 rings (SSSR count). The molecule has 0 aliphatic heterocycles. The summed E-state index contributed by atoms with van der Waals surface area (Å²) in [5, 5.41) is 8.12. The second kappa shape index (κ2) is 32.9. The van der Waals surface area contributed by atoms with Crippen LogP contribution in [-0.2, 0) is 43.2 Å². The summed E-state index contributed by atoms with van der Waals surface area (Å²) in [7, 11) is 0. The number of hydrogen-bond donors (Lipinski definition) is 1. The summed E-state index contributed by atoms with van der Waals surface area (Å²) in [5.41, 5.74) is 7.25. The van der Waals surface area contributed by atoms with Crippen molar-refractivity contribution in [2.75, 3.05) is 0 Å². The minimum atomic E-state index is -1.34. The maximum Gasteiger partial charge on any atom is 0.335 e. The Morgan fingerprint density at radius 2 is 0.580 bits per heavy atom. The van der Waals surface area contributed by atoms with Gasteiger partial charge in [-0.15, -0.1) is 0 Å². The first-order valence-corrected chi connectivity index (χ1v) is 23.7. The van der Waals surface area contributed by atoms with Gasteiger partial charge in [-0.1, -0.05) is 90.9 Å². The van der Waals surface area contributed by atoms with Crippen LogP contribution >= 0.6 is 11.6 Å². The molecule has 0 spiro atoms. The van der Waals surface area contributed by atoms with E-state index in [-0.39, 0.29) is 70.3 Å². The first kappa shape index (κ1) is 69.3. The normalized spacial score (nSPS) is 9.85. The number of carboxylic acid groups (broad SMARTS) is 1. The number of halogens is 1. The Kier molecular flexibility index (Phi) is 28.1. The van der Waals surface area contributed by atoms with Gasteiger partial charge in [-0.25, -0.2) is 4.79 Å². The van der Waals surface area contributed by atoms with Crippen LogP contribution in [0.1, 0.15) is 129 Å². The summed E-state index contributed by atoms with van der Waals surface area (Å²) in [4.78, 5) is 123. The largest absolute Gasteiger partial charge is 0.478 e. The Labute approximate surface area is 472 Å². The van der Waals surface area contributed by atoms with Crippen LogP contribution in [0.25, 0.3) is 18.2 Å². The number of ether oxygens (including phenoxy) is 9. The van der Waals surface area contributed by atoms with Crippen molar-refractivity contribution in [3.8, 4) is 51.7 Å². The lowest BCUT2D eigenvalue weighted by molar-refractivity contribution is -0.135. The first-order valence-electron chi connectivity index (χ1n) is 23.4. The first-order chi connectivity index (χ1) is 37.3. The molecule has 0 unspecified atom stereocenters. The van der Waals surface area contributed by atoms with Crippen LogP contribution in [0.2, 0.25) is 0 Å². The number of aromatic carboxylic acids is 1. The number of carboxylic acids is 1. The van der Waals surface area contributed by atoms with Crippen LogP contribution in [0.4, 0.5) is 0 Å². The summed E-state index contributed by atoms with van der Waals surface area (Å²) >= 11 is 5.35. The smallest absolute Gasteiger partial charge is 0.335 e. The number of hydrogen-bond acceptors (Lipinski definition) is 20. The molecule has 81 heavy (non-hydrogen) atoms. The third-order valence-electron chi connectivity index (χ3n) is 9.01. The summed E-state index contributed by atoms with van der Waals surface area (Å²) < 4.78 is 44.4. The number of rotatable bonds is 14. The van der Waals surface area contributed by atoms with Crippen molar-refractivity contribution >= 4 is 94.8 Å². The van der Waals surface area contributed by atoms with Gasteiger partial charge in [0.15, 0.2) is 34.5 Å². The standard InChI is InChI=1S/C22H22O6.C13H11ClO7.C13H12O8.C10H12.CH4/c1-13-8-14(2)10-18(9-13)6-7-19-11-20(26-15(3)23)22(28-17(5)25)21(12-19)27-16(4)24;1-6(15)19-10-4-9(13(14)18)5-11(20-7(2)16)12(10)21-8(3)17;1-6(14)19-10-4-9(13(17)18)5-11(20-7(2)15)12(10)21-8(3)16;1-4-10-6-8(2)5-9(3)7-10;/h6-12H,1-5H3;4-5H,1-3H3;4-5H,1-3H3,(H,17,18);4-7H,1H2,2-3H3;1H4/b7-6+;;;;. The third kappa shape index (κ3) is 25.5. The van der Waals surface area contributed by atoms with Crippen molar-refractivity contribution in [2.45, 2.75) is 97.4 Å². The molecule has 0 aliphatic rings. The van der Waals surface area contributed by atoms with Gasteiger partial charge < -0.3 is 47.7 Å². The molecule has 0 atom stereocenters. The van der Waals surface area contributed by atoms with Gasteiger partial charge in [-0.05, 0) is 92.4 Å². The zero-order valence-electron chi connectivity index (χ0n) is 45.9. The van der Waals surface area contributed by atoms with Crippen LogP contribution in [-0.4, -0.2) is 70.0 Å². The molecule has 0 aliphatic carbocycles. The Morgan fingerprint density at radius 3 is 0.802 bits per heavy atom. The molecule has 5 aromatic carbocycles. The van der Waals surface area contributed by atoms with Crippen molar-refractivity contribution < 1.29 is 100 Å². The molecule has 0 radical (unpaired) electrons. The molecule has 21 nitrogen and oxygen atoms in total. The van der Waals surface area contributed by atoms with E-state index in [1.54, 1.807) is 6.08 Å². The van der Waals surface area contributed by atoms with Crippen LogP contribution in [0.3, 0.4) is 0 Å². The lowest BCUT2D eigenvalue weighted by Crippen LogP contribution is -2.12. The van der Waals surface area contributed by atoms with Gasteiger partial charge in [-0.2, -0.15) is 0 Å². The average Bonchev–Trinajstić information content (AvgIpc) is 3.29. The van der Waals surface area contributed by atoms with Crippen LogP contribution in [0.15, 0.2) is 79.4 Å². The van der Waals surface area contributed by atoms with Crippen LogP contribution in [0, 0.1) is 27.7 Å². The highest BCUT2D eigenvalue weighted by atomic mass is 35.5. The summed E-state index contributed by atoms with van der Waals surface area (Å²) in [6, 6.07) is 19.8. The van der Waals surface area contributed by atoms with Gasteiger partial charge in [0, 0.05) is 67.9 Å². The number of benzene rings is 5. The molecular formula is C59H61ClO21. The van der Waals surface area contributed by atoms with Crippen molar-refractivity contribution in [2.24, 2.45) is 0 Å². The Bertz CT molecular complexity index is 3010. The van der Waals surface area contributed by atoms with Crippen molar-refractivity contribution in [3.63, 3.8) is 0 Å². The summed E-state index contributed by atoms with van der Waals surface area (Å²) in [6.07, 6.45) is 5.54. The fourth-order valence-corrected chi connectivity index (χ4v) is 6.74. The van der Waals surface area contributed by atoms with Gasteiger partial charge in [0.05, 0.1) is 5.56 Å². The van der Waals surface area contributed by atoms with Gasteiger partial charge in [0.2, 0.25) is 17.2 Å². The molecule has 430 valence electrons. The predicted octanol–water partition coefficient (Wildman–Crippen LogP) is 10.8. The maximum atomic E-state index is 11.5. The Hall–Kier alpha value is -9.76. The monoisotopic (exact) mass is 1140 g/mol. The minimum absolute atomic E-state index is 0. The molecular weight excluding hydrogens is 1080 g/mol. The third-order valence-corrected chi connectivity index (χ3v) is 9.23. The van der Waals surface area contributed by atoms with Gasteiger partial charge >= 0.3 is 59.7 Å². The maximum absolute atomic E-state index is 11.5. The van der Waals surface area contributed by atoms with E-state index < -0.39 is 64.9 Å². The zero-order valence-corrected chi connectivity index (χ0v) is 46.6. The predicted molar refractivity (Wildman–Crippen MR) is 296 cm³/mol.